The van der Waals surface area contributed by atoms with Gasteiger partial charge in [-0.1, -0.05) is 12.1 Å². The van der Waals surface area contributed by atoms with Crippen molar-refractivity contribution >= 4 is 27.5 Å². The summed E-state index contributed by atoms with van der Waals surface area (Å²) in [6, 6.07) is 8.98. The van der Waals surface area contributed by atoms with Crippen molar-refractivity contribution < 1.29 is 22.4 Å². The molecule has 2 aromatic rings. The lowest BCUT2D eigenvalue weighted by atomic mass is 10.2. The van der Waals surface area contributed by atoms with Crippen molar-refractivity contribution in [1.29, 1.82) is 0 Å². The molecule has 1 atom stereocenters. The number of sulfonamides is 1. The van der Waals surface area contributed by atoms with E-state index in [1.165, 1.54) is 12.3 Å². The second-order valence-corrected chi connectivity index (χ2v) is 7.21. The van der Waals surface area contributed by atoms with Gasteiger partial charge in [-0.25, -0.2) is 8.42 Å². The number of amides is 2. The van der Waals surface area contributed by atoms with Gasteiger partial charge in [-0.2, -0.15) is 0 Å². The number of carbonyl (C=O) groups excluding carboxylic acids is 2. The van der Waals surface area contributed by atoms with Gasteiger partial charge in [0.15, 0.2) is 5.76 Å². The van der Waals surface area contributed by atoms with Crippen molar-refractivity contribution in [3.05, 3.63) is 54.0 Å². The highest BCUT2D eigenvalue weighted by Crippen LogP contribution is 2.11. The molecule has 1 heterocycles. The van der Waals surface area contributed by atoms with Crippen LogP contribution in [0.1, 0.15) is 23.0 Å². The zero-order valence-corrected chi connectivity index (χ0v) is 14.6. The van der Waals surface area contributed by atoms with E-state index < -0.39 is 22.0 Å². The third kappa shape index (κ3) is 5.96. The first-order chi connectivity index (χ1) is 11.7. The van der Waals surface area contributed by atoms with Gasteiger partial charge in [0, 0.05) is 12.2 Å². The van der Waals surface area contributed by atoms with Crippen LogP contribution in [0.3, 0.4) is 0 Å². The standard InChI is InChI=1S/C16H19N3O5S/c1-11(18-16(21)14-7-4-8-24-14)15(20)17-10-12-5-3-6-13(9-12)19-25(2,22)23/h3-9,11,19H,10H2,1-2H3,(H,17,20)(H,18,21). The first-order valence-electron chi connectivity index (χ1n) is 7.43. The van der Waals surface area contributed by atoms with Crippen LogP contribution in [0.4, 0.5) is 5.69 Å². The fourth-order valence-electron chi connectivity index (χ4n) is 2.04. The molecule has 134 valence electrons. The van der Waals surface area contributed by atoms with Gasteiger partial charge in [-0.15, -0.1) is 0 Å². The van der Waals surface area contributed by atoms with E-state index >= 15 is 0 Å². The number of nitrogens with one attached hydrogen (secondary N) is 3. The van der Waals surface area contributed by atoms with Gasteiger partial charge in [-0.3, -0.25) is 14.3 Å². The lowest BCUT2D eigenvalue weighted by molar-refractivity contribution is -0.122. The maximum atomic E-state index is 12.1. The SMILES string of the molecule is CC(NC(=O)c1ccco1)C(=O)NCc1cccc(NS(C)(=O)=O)c1. The summed E-state index contributed by atoms with van der Waals surface area (Å²) in [5.41, 5.74) is 1.12. The van der Waals surface area contributed by atoms with Crippen molar-refractivity contribution in [3.8, 4) is 0 Å². The maximum absolute atomic E-state index is 12.1. The summed E-state index contributed by atoms with van der Waals surface area (Å²) in [4.78, 5) is 23.9. The monoisotopic (exact) mass is 365 g/mol. The minimum Gasteiger partial charge on any atom is -0.459 e. The number of benzene rings is 1. The lowest BCUT2D eigenvalue weighted by Gasteiger charge is -2.14. The maximum Gasteiger partial charge on any atom is 0.287 e. The summed E-state index contributed by atoms with van der Waals surface area (Å²) in [5, 5.41) is 5.20. The van der Waals surface area contributed by atoms with E-state index in [-0.39, 0.29) is 18.2 Å². The molecule has 0 aliphatic rings. The molecule has 0 aliphatic carbocycles. The molecule has 2 rings (SSSR count). The minimum absolute atomic E-state index is 0.124. The Morgan fingerprint density at radius 3 is 2.60 bits per heavy atom. The molecule has 0 radical (unpaired) electrons. The van der Waals surface area contributed by atoms with Crippen LogP contribution >= 0.6 is 0 Å². The molecule has 3 N–H and O–H groups in total. The number of hydrogen-bond donors (Lipinski definition) is 3. The summed E-state index contributed by atoms with van der Waals surface area (Å²) in [6.45, 7) is 1.75. The van der Waals surface area contributed by atoms with Crippen molar-refractivity contribution in [2.45, 2.75) is 19.5 Å². The Morgan fingerprint density at radius 2 is 1.96 bits per heavy atom. The third-order valence-electron chi connectivity index (χ3n) is 3.18. The Balaban J connectivity index is 1.89. The number of anilines is 1. The number of carbonyl (C=O) groups is 2. The van der Waals surface area contributed by atoms with Crippen LogP contribution in [-0.2, 0) is 21.4 Å². The third-order valence-corrected chi connectivity index (χ3v) is 3.79. The molecule has 1 aromatic heterocycles. The van der Waals surface area contributed by atoms with Gasteiger partial charge < -0.3 is 15.1 Å². The molecule has 9 heteroatoms. The number of rotatable bonds is 7. The zero-order chi connectivity index (χ0) is 18.4. The summed E-state index contributed by atoms with van der Waals surface area (Å²) in [7, 11) is -3.37. The van der Waals surface area contributed by atoms with Crippen LogP contribution in [0.25, 0.3) is 0 Å². The highest BCUT2D eigenvalue weighted by molar-refractivity contribution is 7.92. The van der Waals surface area contributed by atoms with Crippen molar-refractivity contribution in [3.63, 3.8) is 0 Å². The molecule has 0 bridgehead atoms. The Morgan fingerprint density at radius 1 is 1.20 bits per heavy atom. The van der Waals surface area contributed by atoms with Crippen LogP contribution in [0.5, 0.6) is 0 Å². The average molecular weight is 365 g/mol. The van der Waals surface area contributed by atoms with Crippen molar-refractivity contribution in [2.24, 2.45) is 0 Å². The van der Waals surface area contributed by atoms with E-state index in [1.54, 1.807) is 37.3 Å². The van der Waals surface area contributed by atoms with E-state index in [0.29, 0.717) is 11.3 Å². The second-order valence-electron chi connectivity index (χ2n) is 5.46. The number of furan rings is 1. The van der Waals surface area contributed by atoms with Gasteiger partial charge in [0.25, 0.3) is 5.91 Å². The molecule has 0 saturated heterocycles. The van der Waals surface area contributed by atoms with E-state index in [4.69, 9.17) is 4.42 Å². The molecule has 1 unspecified atom stereocenters. The zero-order valence-electron chi connectivity index (χ0n) is 13.8. The molecule has 0 spiro atoms. The van der Waals surface area contributed by atoms with Crippen LogP contribution in [-0.4, -0.2) is 32.5 Å². The van der Waals surface area contributed by atoms with Gasteiger partial charge in [0.05, 0.1) is 12.5 Å². The molecule has 2 amide bonds. The first kappa shape index (κ1) is 18.5. The molecular weight excluding hydrogens is 346 g/mol. The van der Waals surface area contributed by atoms with Crippen molar-refractivity contribution in [2.75, 3.05) is 11.0 Å². The predicted octanol–water partition coefficient (Wildman–Crippen LogP) is 1.09. The van der Waals surface area contributed by atoms with Gasteiger partial charge >= 0.3 is 0 Å². The van der Waals surface area contributed by atoms with E-state index in [1.807, 2.05) is 0 Å². The van der Waals surface area contributed by atoms with E-state index in [9.17, 15) is 18.0 Å². The normalized spacial score (nSPS) is 12.2. The quantitative estimate of drug-likeness (QED) is 0.679. The Labute approximate surface area is 145 Å². The molecule has 0 fully saturated rings. The van der Waals surface area contributed by atoms with Crippen LogP contribution < -0.4 is 15.4 Å². The Hall–Kier alpha value is -2.81. The highest BCUT2D eigenvalue weighted by atomic mass is 32.2. The van der Waals surface area contributed by atoms with Gasteiger partial charge in [-0.05, 0) is 36.8 Å². The van der Waals surface area contributed by atoms with E-state index in [2.05, 4.69) is 15.4 Å². The second kappa shape index (κ2) is 7.84. The highest BCUT2D eigenvalue weighted by Gasteiger charge is 2.17. The minimum atomic E-state index is -3.37. The van der Waals surface area contributed by atoms with Gasteiger partial charge in [0.1, 0.15) is 6.04 Å². The first-order valence-corrected chi connectivity index (χ1v) is 9.32. The fraction of sp³-hybridized carbons (Fsp3) is 0.250. The summed E-state index contributed by atoms with van der Waals surface area (Å²) >= 11 is 0. The van der Waals surface area contributed by atoms with Crippen LogP contribution in [0.2, 0.25) is 0 Å². The topological polar surface area (TPSA) is 118 Å². The molecule has 0 saturated carbocycles. The smallest absolute Gasteiger partial charge is 0.287 e. The number of hydrogen-bond acceptors (Lipinski definition) is 5. The summed E-state index contributed by atoms with van der Waals surface area (Å²) < 4.78 is 29.8. The molecular formula is C16H19N3O5S. The molecule has 0 aliphatic heterocycles. The average Bonchev–Trinajstić information content (AvgIpc) is 3.05. The van der Waals surface area contributed by atoms with Crippen LogP contribution in [0, 0.1) is 0 Å². The van der Waals surface area contributed by atoms with Crippen LogP contribution in [0.15, 0.2) is 47.1 Å². The Bertz CT molecular complexity index is 846. The van der Waals surface area contributed by atoms with E-state index in [0.717, 1.165) is 6.26 Å². The predicted molar refractivity (Wildman–Crippen MR) is 92.4 cm³/mol. The largest absolute Gasteiger partial charge is 0.459 e. The summed E-state index contributed by atoms with van der Waals surface area (Å²) in [5.74, 6) is -0.729. The fourth-order valence-corrected chi connectivity index (χ4v) is 2.60. The van der Waals surface area contributed by atoms with Crippen molar-refractivity contribution in [1.82, 2.24) is 10.6 Å². The summed E-state index contributed by atoms with van der Waals surface area (Å²) in [6.07, 6.45) is 2.43. The molecule has 1 aromatic carbocycles. The van der Waals surface area contributed by atoms with Gasteiger partial charge in [0.2, 0.25) is 15.9 Å². The lowest BCUT2D eigenvalue weighted by Crippen LogP contribution is -2.44. The molecule has 25 heavy (non-hydrogen) atoms. The molecule has 8 nitrogen and oxygen atoms in total. The Kier molecular flexibility index (Phi) is 5.81.